The van der Waals surface area contributed by atoms with Gasteiger partial charge in [0.2, 0.25) is 0 Å². The molecular formula is C7H14N4. The van der Waals surface area contributed by atoms with E-state index in [0.29, 0.717) is 0 Å². The lowest BCUT2D eigenvalue weighted by atomic mass is 10.1. The average molecular weight is 154 g/mol. The summed E-state index contributed by atoms with van der Waals surface area (Å²) in [6.45, 7) is 2.00. The maximum absolute atomic E-state index is 5.61. The maximum Gasteiger partial charge on any atom is 0.0724 e. The monoisotopic (exact) mass is 154 g/mol. The molecule has 0 bridgehead atoms. The van der Waals surface area contributed by atoms with Crippen LogP contribution in [0.5, 0.6) is 0 Å². The molecule has 0 aromatic carbocycles. The molecule has 4 nitrogen and oxygen atoms in total. The Kier molecular flexibility index (Phi) is 2.59. The second kappa shape index (κ2) is 3.48. The van der Waals surface area contributed by atoms with E-state index in [1.807, 2.05) is 14.0 Å². The highest BCUT2D eigenvalue weighted by Crippen LogP contribution is 1.99. The molecule has 0 aliphatic carbocycles. The molecule has 0 aliphatic rings. The zero-order valence-electron chi connectivity index (χ0n) is 6.99. The van der Waals surface area contributed by atoms with Gasteiger partial charge < -0.3 is 5.73 Å². The number of rotatable bonds is 3. The molecule has 1 aromatic rings. The van der Waals surface area contributed by atoms with Gasteiger partial charge in [-0.2, -0.15) is 0 Å². The molecule has 0 saturated carbocycles. The predicted octanol–water partition coefficient (Wildman–Crippen LogP) is 0.0949. The summed E-state index contributed by atoms with van der Waals surface area (Å²) in [5, 5.41) is 7.59. The van der Waals surface area contributed by atoms with Crippen molar-refractivity contribution in [2.45, 2.75) is 25.8 Å². The third-order valence-electron chi connectivity index (χ3n) is 1.66. The summed E-state index contributed by atoms with van der Waals surface area (Å²) in [7, 11) is 1.89. The van der Waals surface area contributed by atoms with Gasteiger partial charge in [0.1, 0.15) is 0 Å². The number of nitrogens with zero attached hydrogens (tertiary/aromatic N) is 3. The van der Waals surface area contributed by atoms with E-state index in [1.54, 1.807) is 10.9 Å². The van der Waals surface area contributed by atoms with Gasteiger partial charge in [-0.15, -0.1) is 5.10 Å². The number of nitrogens with two attached hydrogens (primary N) is 1. The molecule has 2 N–H and O–H groups in total. The lowest BCUT2D eigenvalue weighted by Crippen LogP contribution is -2.16. The molecule has 0 saturated heterocycles. The first-order valence-corrected chi connectivity index (χ1v) is 3.79. The summed E-state index contributed by atoms with van der Waals surface area (Å²) >= 11 is 0. The van der Waals surface area contributed by atoms with Crippen molar-refractivity contribution in [3.05, 3.63) is 11.9 Å². The predicted molar refractivity (Wildman–Crippen MR) is 43.0 cm³/mol. The first-order valence-electron chi connectivity index (χ1n) is 3.79. The van der Waals surface area contributed by atoms with E-state index in [4.69, 9.17) is 5.73 Å². The summed E-state index contributed by atoms with van der Waals surface area (Å²) in [5.74, 6) is 0. The lowest BCUT2D eigenvalue weighted by Gasteiger charge is -2.03. The van der Waals surface area contributed by atoms with Gasteiger partial charge >= 0.3 is 0 Å². The largest absolute Gasteiger partial charge is 0.328 e. The molecule has 1 rings (SSSR count). The number of hydrogen-bond donors (Lipinski definition) is 1. The molecule has 0 fully saturated rings. The van der Waals surface area contributed by atoms with Crippen LogP contribution in [0, 0.1) is 0 Å². The van der Waals surface area contributed by atoms with E-state index in [9.17, 15) is 0 Å². The Morgan fingerprint density at radius 2 is 2.45 bits per heavy atom. The van der Waals surface area contributed by atoms with E-state index in [0.717, 1.165) is 18.5 Å². The number of aryl methyl sites for hydroxylation is 2. The molecule has 4 heteroatoms. The summed E-state index contributed by atoms with van der Waals surface area (Å²) < 4.78 is 1.78. The summed E-state index contributed by atoms with van der Waals surface area (Å²) in [6, 6.07) is 0.255. The number of aromatic nitrogens is 3. The van der Waals surface area contributed by atoms with Crippen molar-refractivity contribution in [1.29, 1.82) is 0 Å². The Bertz CT molecular complexity index is 216. The van der Waals surface area contributed by atoms with Crippen LogP contribution in [0.1, 0.15) is 19.0 Å². The Balaban J connectivity index is 2.44. The van der Waals surface area contributed by atoms with E-state index in [-0.39, 0.29) is 6.04 Å². The van der Waals surface area contributed by atoms with Crippen molar-refractivity contribution in [3.63, 3.8) is 0 Å². The molecule has 0 amide bonds. The standard InChI is InChI=1S/C7H14N4/c1-6(8)3-4-7-5-9-10-11(7)2/h5-6H,3-4,8H2,1-2H3/t6-/m0/s1. The number of hydrogen-bond acceptors (Lipinski definition) is 3. The zero-order valence-corrected chi connectivity index (χ0v) is 6.99. The smallest absolute Gasteiger partial charge is 0.0724 e. The summed E-state index contributed by atoms with van der Waals surface area (Å²) in [5.41, 5.74) is 6.75. The van der Waals surface area contributed by atoms with E-state index in [1.165, 1.54) is 0 Å². The van der Waals surface area contributed by atoms with Crippen LogP contribution in [0.4, 0.5) is 0 Å². The minimum absolute atomic E-state index is 0.255. The van der Waals surface area contributed by atoms with Crippen LogP contribution in [0.3, 0.4) is 0 Å². The van der Waals surface area contributed by atoms with Crippen molar-refractivity contribution < 1.29 is 0 Å². The Morgan fingerprint density at radius 3 is 2.91 bits per heavy atom. The second-order valence-electron chi connectivity index (χ2n) is 2.86. The maximum atomic E-state index is 5.61. The molecule has 11 heavy (non-hydrogen) atoms. The van der Waals surface area contributed by atoms with Crippen molar-refractivity contribution in [1.82, 2.24) is 15.0 Å². The van der Waals surface area contributed by atoms with E-state index >= 15 is 0 Å². The first kappa shape index (κ1) is 8.20. The summed E-state index contributed by atoms with van der Waals surface area (Å²) in [4.78, 5) is 0. The van der Waals surface area contributed by atoms with Gasteiger partial charge in [-0.05, 0) is 19.8 Å². The van der Waals surface area contributed by atoms with Crippen LogP contribution in [0.25, 0.3) is 0 Å². The van der Waals surface area contributed by atoms with Crippen molar-refractivity contribution in [2.75, 3.05) is 0 Å². The first-order chi connectivity index (χ1) is 5.20. The van der Waals surface area contributed by atoms with Gasteiger partial charge in [0.15, 0.2) is 0 Å². The second-order valence-corrected chi connectivity index (χ2v) is 2.86. The minimum Gasteiger partial charge on any atom is -0.328 e. The molecule has 1 aromatic heterocycles. The molecule has 0 spiro atoms. The summed E-state index contributed by atoms with van der Waals surface area (Å²) in [6.07, 6.45) is 3.73. The van der Waals surface area contributed by atoms with Crippen LogP contribution < -0.4 is 5.73 Å². The molecule has 62 valence electrons. The Labute approximate surface area is 66.4 Å². The van der Waals surface area contributed by atoms with Gasteiger partial charge in [-0.3, -0.25) is 4.68 Å². The van der Waals surface area contributed by atoms with Crippen LogP contribution in [0.2, 0.25) is 0 Å². The molecular weight excluding hydrogens is 140 g/mol. The molecule has 0 aliphatic heterocycles. The quantitative estimate of drug-likeness (QED) is 0.671. The Hall–Kier alpha value is -0.900. The van der Waals surface area contributed by atoms with Gasteiger partial charge in [0.25, 0.3) is 0 Å². The fourth-order valence-corrected chi connectivity index (χ4v) is 0.913. The lowest BCUT2D eigenvalue weighted by molar-refractivity contribution is 0.617. The van der Waals surface area contributed by atoms with Crippen LogP contribution >= 0.6 is 0 Å². The molecule has 1 heterocycles. The van der Waals surface area contributed by atoms with Crippen molar-refractivity contribution in [2.24, 2.45) is 12.8 Å². The highest BCUT2D eigenvalue weighted by molar-refractivity contribution is 4.93. The highest BCUT2D eigenvalue weighted by Gasteiger charge is 2.00. The van der Waals surface area contributed by atoms with Gasteiger partial charge in [0.05, 0.1) is 11.9 Å². The zero-order chi connectivity index (χ0) is 8.27. The Morgan fingerprint density at radius 1 is 1.73 bits per heavy atom. The van der Waals surface area contributed by atoms with Crippen LogP contribution in [0.15, 0.2) is 6.20 Å². The molecule has 1 atom stereocenters. The fourth-order valence-electron chi connectivity index (χ4n) is 0.913. The third-order valence-corrected chi connectivity index (χ3v) is 1.66. The van der Waals surface area contributed by atoms with Crippen molar-refractivity contribution >= 4 is 0 Å². The minimum atomic E-state index is 0.255. The highest BCUT2D eigenvalue weighted by atomic mass is 15.4. The van der Waals surface area contributed by atoms with E-state index < -0.39 is 0 Å². The topological polar surface area (TPSA) is 56.7 Å². The van der Waals surface area contributed by atoms with E-state index in [2.05, 4.69) is 10.3 Å². The van der Waals surface area contributed by atoms with Gasteiger partial charge in [-0.1, -0.05) is 5.21 Å². The normalized spacial score (nSPS) is 13.4. The van der Waals surface area contributed by atoms with Crippen LogP contribution in [-0.4, -0.2) is 21.0 Å². The SMILES string of the molecule is C[C@H](N)CCc1cnnn1C. The third kappa shape index (κ3) is 2.31. The molecule has 0 radical (unpaired) electrons. The fraction of sp³-hybridized carbons (Fsp3) is 0.714. The van der Waals surface area contributed by atoms with Crippen LogP contribution in [-0.2, 0) is 13.5 Å². The van der Waals surface area contributed by atoms with Gasteiger partial charge in [0, 0.05) is 13.1 Å². The van der Waals surface area contributed by atoms with Crippen molar-refractivity contribution in [3.8, 4) is 0 Å². The average Bonchev–Trinajstić information content (AvgIpc) is 2.31. The molecule has 0 unspecified atom stereocenters. The van der Waals surface area contributed by atoms with Gasteiger partial charge in [-0.25, -0.2) is 0 Å².